The molecule has 1 fully saturated rings. The van der Waals surface area contributed by atoms with Gasteiger partial charge in [-0.15, -0.1) is 0 Å². The predicted octanol–water partition coefficient (Wildman–Crippen LogP) is 1.07. The summed E-state index contributed by atoms with van der Waals surface area (Å²) < 4.78 is 28.7. The molecule has 26 heavy (non-hydrogen) atoms. The fourth-order valence-electron chi connectivity index (χ4n) is 2.96. The third-order valence-corrected chi connectivity index (χ3v) is 6.21. The summed E-state index contributed by atoms with van der Waals surface area (Å²) >= 11 is 0. The molecule has 0 spiro atoms. The number of rotatable bonds is 7. The van der Waals surface area contributed by atoms with Gasteiger partial charge < -0.3 is 15.6 Å². The maximum Gasteiger partial charge on any atom is 0.251 e. The highest BCUT2D eigenvalue weighted by atomic mass is 32.2. The molecule has 1 amide bonds. The van der Waals surface area contributed by atoms with Gasteiger partial charge in [0, 0.05) is 49.8 Å². The zero-order valence-electron chi connectivity index (χ0n) is 14.5. The van der Waals surface area contributed by atoms with Crippen molar-refractivity contribution in [3.63, 3.8) is 0 Å². The van der Waals surface area contributed by atoms with Gasteiger partial charge in [-0.2, -0.15) is 4.31 Å². The van der Waals surface area contributed by atoms with Crippen molar-refractivity contribution in [3.8, 4) is 0 Å². The van der Waals surface area contributed by atoms with Gasteiger partial charge in [0.25, 0.3) is 5.91 Å². The fraction of sp³-hybridized carbons (Fsp3) is 0.412. The molecule has 1 aliphatic rings. The summed E-state index contributed by atoms with van der Waals surface area (Å²) in [4.78, 5) is 16.4. The van der Waals surface area contributed by atoms with Gasteiger partial charge in [-0.3, -0.25) is 4.79 Å². The molecule has 0 saturated carbocycles. The summed E-state index contributed by atoms with van der Waals surface area (Å²) in [7, 11) is -3.61. The van der Waals surface area contributed by atoms with Gasteiger partial charge in [0.15, 0.2) is 0 Å². The van der Waals surface area contributed by atoms with E-state index in [0.717, 1.165) is 25.8 Å². The second-order valence-electron chi connectivity index (χ2n) is 6.31. The van der Waals surface area contributed by atoms with Crippen molar-refractivity contribution in [2.75, 3.05) is 25.4 Å². The highest BCUT2D eigenvalue weighted by Crippen LogP contribution is 2.24. The van der Waals surface area contributed by atoms with Crippen molar-refractivity contribution >= 4 is 21.6 Å². The van der Waals surface area contributed by atoms with Crippen molar-refractivity contribution in [1.29, 1.82) is 0 Å². The Balaban J connectivity index is 1.65. The summed E-state index contributed by atoms with van der Waals surface area (Å²) in [6.45, 7) is 2.23. The number of amides is 1. The maximum atomic E-state index is 12.7. The molecule has 140 valence electrons. The Morgan fingerprint density at radius 3 is 2.69 bits per heavy atom. The van der Waals surface area contributed by atoms with Gasteiger partial charge >= 0.3 is 0 Å². The smallest absolute Gasteiger partial charge is 0.251 e. The van der Waals surface area contributed by atoms with Crippen LogP contribution in [0.25, 0.3) is 0 Å². The standard InChI is InChI=1S/C17H23N5O3S/c18-15-10-14(17(23)20-4-3-6-21-9-5-19-13-21)11-16(12-15)26(24,25)22-7-1-2-8-22/h5,9-13H,1-4,6-8,18H2,(H,20,23). The fourth-order valence-corrected chi connectivity index (χ4v) is 4.56. The predicted molar refractivity (Wildman–Crippen MR) is 98.0 cm³/mol. The molecule has 0 bridgehead atoms. The summed E-state index contributed by atoms with van der Waals surface area (Å²) in [5, 5.41) is 2.80. The number of aromatic nitrogens is 2. The molecule has 9 heteroatoms. The molecular weight excluding hydrogens is 354 g/mol. The second kappa shape index (κ2) is 7.88. The van der Waals surface area contributed by atoms with E-state index >= 15 is 0 Å². The number of carbonyl (C=O) groups is 1. The first-order valence-electron chi connectivity index (χ1n) is 8.61. The molecule has 2 aromatic rings. The van der Waals surface area contributed by atoms with E-state index in [9.17, 15) is 13.2 Å². The van der Waals surface area contributed by atoms with Crippen molar-refractivity contribution in [2.45, 2.75) is 30.7 Å². The molecular formula is C17H23N5O3S. The van der Waals surface area contributed by atoms with Crippen LogP contribution < -0.4 is 11.1 Å². The average molecular weight is 377 g/mol. The second-order valence-corrected chi connectivity index (χ2v) is 8.25. The molecule has 2 heterocycles. The Kier molecular flexibility index (Phi) is 5.58. The van der Waals surface area contributed by atoms with Crippen molar-refractivity contribution < 1.29 is 13.2 Å². The first kappa shape index (κ1) is 18.4. The third kappa shape index (κ3) is 4.23. The molecule has 8 nitrogen and oxygen atoms in total. The topological polar surface area (TPSA) is 110 Å². The molecule has 1 aromatic heterocycles. The van der Waals surface area contributed by atoms with Crippen LogP contribution in [0, 0.1) is 0 Å². The molecule has 3 N–H and O–H groups in total. The van der Waals surface area contributed by atoms with Crippen molar-refractivity contribution in [3.05, 3.63) is 42.5 Å². The highest BCUT2D eigenvalue weighted by molar-refractivity contribution is 7.89. The van der Waals surface area contributed by atoms with Gasteiger partial charge in [-0.1, -0.05) is 0 Å². The Labute approximate surface area is 153 Å². The zero-order valence-corrected chi connectivity index (χ0v) is 15.3. The minimum absolute atomic E-state index is 0.0722. The van der Waals surface area contributed by atoms with Gasteiger partial charge in [0.05, 0.1) is 11.2 Å². The quantitative estimate of drug-likeness (QED) is 0.554. The molecule has 3 rings (SSSR count). The van der Waals surface area contributed by atoms with Gasteiger partial charge in [0.1, 0.15) is 0 Å². The van der Waals surface area contributed by atoms with E-state index in [-0.39, 0.29) is 22.1 Å². The van der Waals surface area contributed by atoms with E-state index in [1.165, 1.54) is 22.5 Å². The maximum absolute atomic E-state index is 12.7. The van der Waals surface area contributed by atoms with Crippen LogP contribution in [0.2, 0.25) is 0 Å². The van der Waals surface area contributed by atoms with Crippen LogP contribution >= 0.6 is 0 Å². The lowest BCUT2D eigenvalue weighted by Crippen LogP contribution is -2.29. The lowest BCUT2D eigenvalue weighted by atomic mass is 10.2. The molecule has 0 unspecified atom stereocenters. The average Bonchev–Trinajstić information content (AvgIpc) is 3.31. The molecule has 0 atom stereocenters. The summed E-state index contributed by atoms with van der Waals surface area (Å²) in [5.74, 6) is -0.333. The van der Waals surface area contributed by atoms with Crippen molar-refractivity contribution in [2.24, 2.45) is 0 Å². The minimum Gasteiger partial charge on any atom is -0.399 e. The van der Waals surface area contributed by atoms with Gasteiger partial charge in [-0.05, 0) is 37.5 Å². The first-order valence-corrected chi connectivity index (χ1v) is 10.1. The van der Waals surface area contributed by atoms with Crippen LogP contribution in [0.15, 0.2) is 41.8 Å². The number of anilines is 1. The molecule has 0 radical (unpaired) electrons. The van der Waals surface area contributed by atoms with Crippen LogP contribution in [-0.2, 0) is 16.6 Å². The Morgan fingerprint density at radius 1 is 1.23 bits per heavy atom. The number of nitrogens with one attached hydrogen (secondary N) is 1. The molecule has 0 aliphatic carbocycles. The normalized spacial score (nSPS) is 15.2. The van der Waals surface area contributed by atoms with Crippen LogP contribution in [0.1, 0.15) is 29.6 Å². The monoisotopic (exact) mass is 377 g/mol. The summed E-state index contributed by atoms with van der Waals surface area (Å²) in [6, 6.07) is 4.30. The van der Waals surface area contributed by atoms with Crippen LogP contribution in [0.5, 0.6) is 0 Å². The van der Waals surface area contributed by atoms with E-state index in [2.05, 4.69) is 10.3 Å². The summed E-state index contributed by atoms with van der Waals surface area (Å²) in [6.07, 6.45) is 7.72. The molecule has 1 aliphatic heterocycles. The highest BCUT2D eigenvalue weighted by Gasteiger charge is 2.28. The Morgan fingerprint density at radius 2 is 2.00 bits per heavy atom. The lowest BCUT2D eigenvalue weighted by molar-refractivity contribution is 0.0952. The third-order valence-electron chi connectivity index (χ3n) is 4.33. The van der Waals surface area contributed by atoms with E-state index in [1.807, 2.05) is 10.8 Å². The number of aryl methyl sites for hydroxylation is 1. The number of nitrogens with two attached hydrogens (primary N) is 1. The Hall–Kier alpha value is -2.39. The van der Waals surface area contributed by atoms with E-state index in [1.54, 1.807) is 12.5 Å². The number of sulfonamides is 1. The van der Waals surface area contributed by atoms with Crippen LogP contribution in [0.4, 0.5) is 5.69 Å². The molecule has 1 saturated heterocycles. The number of nitrogen functional groups attached to an aromatic ring is 1. The number of benzene rings is 1. The van der Waals surface area contributed by atoms with Crippen molar-refractivity contribution in [1.82, 2.24) is 19.2 Å². The number of hydrogen-bond donors (Lipinski definition) is 2. The minimum atomic E-state index is -3.61. The molecule has 1 aromatic carbocycles. The Bertz CT molecular complexity index is 859. The van der Waals surface area contributed by atoms with E-state index in [0.29, 0.717) is 19.6 Å². The van der Waals surface area contributed by atoms with Crippen LogP contribution in [0.3, 0.4) is 0 Å². The van der Waals surface area contributed by atoms with E-state index in [4.69, 9.17) is 5.73 Å². The number of hydrogen-bond acceptors (Lipinski definition) is 5. The number of carbonyl (C=O) groups excluding carboxylic acids is 1. The van der Waals surface area contributed by atoms with Crippen LogP contribution in [-0.4, -0.2) is 47.8 Å². The SMILES string of the molecule is Nc1cc(C(=O)NCCCn2ccnc2)cc(S(=O)(=O)N2CCCC2)c1. The first-order chi connectivity index (χ1) is 12.5. The largest absolute Gasteiger partial charge is 0.399 e. The summed E-state index contributed by atoms with van der Waals surface area (Å²) in [5.41, 5.74) is 6.35. The van der Waals surface area contributed by atoms with Gasteiger partial charge in [0.2, 0.25) is 10.0 Å². The zero-order chi connectivity index (χ0) is 18.6. The van der Waals surface area contributed by atoms with E-state index < -0.39 is 10.0 Å². The number of nitrogens with zero attached hydrogens (tertiary/aromatic N) is 3. The number of imidazole rings is 1. The van der Waals surface area contributed by atoms with Gasteiger partial charge in [-0.25, -0.2) is 13.4 Å². The lowest BCUT2D eigenvalue weighted by Gasteiger charge is -2.16.